The summed E-state index contributed by atoms with van der Waals surface area (Å²) >= 11 is 0. The summed E-state index contributed by atoms with van der Waals surface area (Å²) in [6.07, 6.45) is -0.875. The molecule has 1 aromatic carbocycles. The number of rotatable bonds is 3. The first-order chi connectivity index (χ1) is 10.6. The van der Waals surface area contributed by atoms with Crippen LogP contribution in [0.25, 0.3) is 0 Å². The van der Waals surface area contributed by atoms with E-state index in [0.717, 1.165) is 13.1 Å². The average molecular weight is 303 g/mol. The van der Waals surface area contributed by atoms with E-state index >= 15 is 0 Å². The standard InChI is InChI=1S/C16H21N3O3/c1-11(20)14-16(22)19-8-7-18(10-13(19)15(21)17-14)9-12-5-3-2-4-6-12/h2-6,11,13-14,20H,7-10H2,1H3,(H,17,21)/t11-,13-,14+/m1/s1. The van der Waals surface area contributed by atoms with Gasteiger partial charge in [0.1, 0.15) is 12.1 Å². The minimum atomic E-state index is -0.875. The molecule has 0 aromatic heterocycles. The lowest BCUT2D eigenvalue weighted by atomic mass is 10.0. The lowest BCUT2D eigenvalue weighted by molar-refractivity contribution is -0.156. The summed E-state index contributed by atoms with van der Waals surface area (Å²) in [5, 5.41) is 12.3. The summed E-state index contributed by atoms with van der Waals surface area (Å²) in [6, 6.07) is 8.81. The second kappa shape index (κ2) is 6.06. The number of nitrogens with zero attached hydrogens (tertiary/aromatic N) is 2. The topological polar surface area (TPSA) is 72.9 Å². The van der Waals surface area contributed by atoms with Gasteiger partial charge in [0.25, 0.3) is 0 Å². The molecule has 0 unspecified atom stereocenters. The maximum absolute atomic E-state index is 12.3. The van der Waals surface area contributed by atoms with Crippen molar-refractivity contribution in [3.8, 4) is 0 Å². The first-order valence-electron chi connectivity index (χ1n) is 7.61. The fourth-order valence-corrected chi connectivity index (χ4v) is 3.13. The van der Waals surface area contributed by atoms with Crippen molar-refractivity contribution in [1.29, 1.82) is 0 Å². The van der Waals surface area contributed by atoms with E-state index in [0.29, 0.717) is 13.1 Å². The minimum absolute atomic E-state index is 0.178. The normalized spacial score (nSPS) is 27.3. The summed E-state index contributed by atoms with van der Waals surface area (Å²) < 4.78 is 0. The molecule has 2 fully saturated rings. The van der Waals surface area contributed by atoms with Gasteiger partial charge in [0.05, 0.1) is 6.10 Å². The zero-order chi connectivity index (χ0) is 15.7. The Labute approximate surface area is 129 Å². The van der Waals surface area contributed by atoms with E-state index in [1.165, 1.54) is 12.5 Å². The minimum Gasteiger partial charge on any atom is -0.391 e. The molecular weight excluding hydrogens is 282 g/mol. The number of carbonyl (C=O) groups is 2. The molecule has 3 rings (SSSR count). The van der Waals surface area contributed by atoms with Crippen molar-refractivity contribution in [3.63, 3.8) is 0 Å². The van der Waals surface area contributed by atoms with Crippen molar-refractivity contribution in [3.05, 3.63) is 35.9 Å². The first kappa shape index (κ1) is 15.0. The van der Waals surface area contributed by atoms with Gasteiger partial charge in [0.15, 0.2) is 0 Å². The van der Waals surface area contributed by atoms with E-state index in [4.69, 9.17) is 0 Å². The quantitative estimate of drug-likeness (QED) is 0.795. The van der Waals surface area contributed by atoms with Gasteiger partial charge in [-0.3, -0.25) is 14.5 Å². The number of nitrogens with one attached hydrogen (secondary N) is 1. The van der Waals surface area contributed by atoms with Crippen LogP contribution >= 0.6 is 0 Å². The maximum Gasteiger partial charge on any atom is 0.248 e. The third-order valence-electron chi connectivity index (χ3n) is 4.35. The number of aliphatic hydroxyl groups excluding tert-OH is 1. The van der Waals surface area contributed by atoms with E-state index in [1.807, 2.05) is 18.2 Å². The van der Waals surface area contributed by atoms with Gasteiger partial charge in [0.2, 0.25) is 11.8 Å². The molecule has 2 aliphatic heterocycles. The number of benzene rings is 1. The highest BCUT2D eigenvalue weighted by atomic mass is 16.3. The van der Waals surface area contributed by atoms with Gasteiger partial charge in [-0.05, 0) is 12.5 Å². The smallest absolute Gasteiger partial charge is 0.248 e. The third-order valence-corrected chi connectivity index (χ3v) is 4.35. The lowest BCUT2D eigenvalue weighted by Crippen LogP contribution is -2.70. The Balaban J connectivity index is 1.68. The van der Waals surface area contributed by atoms with Crippen LogP contribution in [-0.2, 0) is 16.1 Å². The number of amides is 2. The van der Waals surface area contributed by atoms with Gasteiger partial charge in [0, 0.05) is 26.2 Å². The van der Waals surface area contributed by atoms with Crippen LogP contribution in [0.5, 0.6) is 0 Å². The van der Waals surface area contributed by atoms with E-state index in [2.05, 4.69) is 22.3 Å². The van der Waals surface area contributed by atoms with Gasteiger partial charge in [-0.15, -0.1) is 0 Å². The SMILES string of the molecule is C[C@@H](O)[C@@H]1NC(=O)[C@H]2CN(Cc3ccccc3)CCN2C1=O. The van der Waals surface area contributed by atoms with E-state index in [1.54, 1.807) is 4.90 Å². The molecule has 118 valence electrons. The van der Waals surface area contributed by atoms with Crippen LogP contribution < -0.4 is 5.32 Å². The fourth-order valence-electron chi connectivity index (χ4n) is 3.13. The molecule has 0 radical (unpaired) electrons. The van der Waals surface area contributed by atoms with E-state index in [9.17, 15) is 14.7 Å². The Kier molecular flexibility index (Phi) is 4.13. The fraction of sp³-hybridized carbons (Fsp3) is 0.500. The summed E-state index contributed by atoms with van der Waals surface area (Å²) in [7, 11) is 0. The number of fused-ring (bicyclic) bond motifs is 1. The number of carbonyl (C=O) groups excluding carboxylic acids is 2. The molecule has 3 atom stereocenters. The lowest BCUT2D eigenvalue weighted by Gasteiger charge is -2.45. The van der Waals surface area contributed by atoms with Crippen molar-refractivity contribution in [2.24, 2.45) is 0 Å². The molecule has 2 saturated heterocycles. The summed E-state index contributed by atoms with van der Waals surface area (Å²) in [5.41, 5.74) is 1.19. The molecule has 0 aliphatic carbocycles. The maximum atomic E-state index is 12.3. The van der Waals surface area contributed by atoms with Gasteiger partial charge < -0.3 is 15.3 Å². The van der Waals surface area contributed by atoms with Crippen molar-refractivity contribution in [2.45, 2.75) is 31.7 Å². The van der Waals surface area contributed by atoms with Gasteiger partial charge in [-0.2, -0.15) is 0 Å². The van der Waals surface area contributed by atoms with Gasteiger partial charge in [-0.25, -0.2) is 0 Å². The van der Waals surface area contributed by atoms with Crippen LogP contribution in [0.2, 0.25) is 0 Å². The predicted octanol–water partition coefficient (Wildman–Crippen LogP) is -0.421. The Morgan fingerprint density at radius 2 is 2.00 bits per heavy atom. The Morgan fingerprint density at radius 3 is 2.68 bits per heavy atom. The molecule has 0 bridgehead atoms. The zero-order valence-corrected chi connectivity index (χ0v) is 12.6. The highest BCUT2D eigenvalue weighted by Crippen LogP contribution is 2.19. The second-order valence-corrected chi connectivity index (χ2v) is 6.00. The number of hydrogen-bond donors (Lipinski definition) is 2. The van der Waals surface area contributed by atoms with E-state index in [-0.39, 0.29) is 11.8 Å². The summed E-state index contributed by atoms with van der Waals surface area (Å²) in [6.45, 7) is 4.07. The van der Waals surface area contributed by atoms with Crippen molar-refractivity contribution < 1.29 is 14.7 Å². The number of aliphatic hydroxyl groups is 1. The number of piperazine rings is 2. The summed E-state index contributed by atoms with van der Waals surface area (Å²) in [4.78, 5) is 28.4. The molecular formula is C16H21N3O3. The van der Waals surface area contributed by atoms with E-state index < -0.39 is 18.2 Å². The number of hydrogen-bond acceptors (Lipinski definition) is 4. The van der Waals surface area contributed by atoms with Crippen molar-refractivity contribution >= 4 is 11.8 Å². The predicted molar refractivity (Wildman–Crippen MR) is 80.8 cm³/mol. The van der Waals surface area contributed by atoms with Crippen LogP contribution in [0.3, 0.4) is 0 Å². The monoisotopic (exact) mass is 303 g/mol. The Hall–Kier alpha value is -1.92. The molecule has 6 heteroatoms. The molecule has 2 aliphatic rings. The van der Waals surface area contributed by atoms with Crippen molar-refractivity contribution in [1.82, 2.24) is 15.1 Å². The molecule has 2 amide bonds. The molecule has 6 nitrogen and oxygen atoms in total. The molecule has 2 heterocycles. The van der Waals surface area contributed by atoms with Crippen molar-refractivity contribution in [2.75, 3.05) is 19.6 Å². The molecule has 22 heavy (non-hydrogen) atoms. The molecule has 0 spiro atoms. The zero-order valence-electron chi connectivity index (χ0n) is 12.6. The first-order valence-corrected chi connectivity index (χ1v) is 7.61. The van der Waals surface area contributed by atoms with Crippen LogP contribution in [-0.4, -0.2) is 64.5 Å². The largest absolute Gasteiger partial charge is 0.391 e. The highest BCUT2D eigenvalue weighted by Gasteiger charge is 2.44. The van der Waals surface area contributed by atoms with Gasteiger partial charge in [-0.1, -0.05) is 30.3 Å². The summed E-state index contributed by atoms with van der Waals surface area (Å²) in [5.74, 6) is -0.359. The molecule has 0 saturated carbocycles. The third kappa shape index (κ3) is 2.84. The highest BCUT2D eigenvalue weighted by molar-refractivity contribution is 5.97. The Morgan fingerprint density at radius 1 is 1.27 bits per heavy atom. The van der Waals surface area contributed by atoms with Gasteiger partial charge >= 0.3 is 0 Å². The van der Waals surface area contributed by atoms with Crippen LogP contribution in [0.4, 0.5) is 0 Å². The second-order valence-electron chi connectivity index (χ2n) is 6.00. The van der Waals surface area contributed by atoms with Crippen LogP contribution in [0.15, 0.2) is 30.3 Å². The average Bonchev–Trinajstić information content (AvgIpc) is 2.51. The molecule has 1 aromatic rings. The Bertz CT molecular complexity index is 561. The van der Waals surface area contributed by atoms with Crippen LogP contribution in [0.1, 0.15) is 12.5 Å². The van der Waals surface area contributed by atoms with Crippen LogP contribution in [0, 0.1) is 0 Å². The molecule has 2 N–H and O–H groups in total.